The Hall–Kier alpha value is -3.24. The van der Waals surface area contributed by atoms with Crippen molar-refractivity contribution in [2.45, 2.75) is 380 Å². The summed E-state index contributed by atoms with van der Waals surface area (Å²) in [6.07, 6.45) is 70.5. The highest BCUT2D eigenvalue weighted by molar-refractivity contribution is 7.47. The summed E-state index contributed by atoms with van der Waals surface area (Å²) in [4.78, 5) is 72.9. The lowest BCUT2D eigenvalue weighted by atomic mass is 10.0. The minimum Gasteiger partial charge on any atom is -0.462 e. The molecule has 0 aliphatic rings. The summed E-state index contributed by atoms with van der Waals surface area (Å²) >= 11 is 0. The van der Waals surface area contributed by atoms with Crippen LogP contribution in [-0.4, -0.2) is 96.7 Å². The summed E-state index contributed by atoms with van der Waals surface area (Å²) in [5.74, 6) is -2.19. The van der Waals surface area contributed by atoms with E-state index in [4.69, 9.17) is 37.0 Å². The number of hydrogen-bond acceptors (Lipinski definition) is 15. The Bertz CT molecular complexity index is 2100. The number of hydrogen-bond donors (Lipinski definition) is 3. The lowest BCUT2D eigenvalue weighted by Crippen LogP contribution is -2.30. The molecule has 0 rings (SSSR count). The van der Waals surface area contributed by atoms with Gasteiger partial charge in [-0.2, -0.15) is 0 Å². The molecule has 19 heteroatoms. The van der Waals surface area contributed by atoms with Crippen LogP contribution in [0.15, 0.2) is 60.8 Å². The van der Waals surface area contributed by atoms with Crippen LogP contribution < -0.4 is 0 Å². The van der Waals surface area contributed by atoms with Gasteiger partial charge in [-0.05, 0) is 103 Å². The van der Waals surface area contributed by atoms with Crippen molar-refractivity contribution in [3.8, 4) is 0 Å². The molecular formula is C79H144O17P2. The molecule has 0 bridgehead atoms. The minimum atomic E-state index is -4.97. The van der Waals surface area contributed by atoms with Crippen molar-refractivity contribution in [1.29, 1.82) is 0 Å². The predicted molar refractivity (Wildman–Crippen MR) is 400 cm³/mol. The molecule has 0 aliphatic carbocycles. The standard InChI is InChI=1S/C79H144O17P2/c1-5-9-13-17-21-25-29-33-36-40-43-47-51-55-59-63-76(81)89-69-74(95-78(83)65-61-57-53-49-45-39-32-28-24-20-16-12-8-4)71-93-97(85,86)91-67-73(80)68-92-98(87,88)94-72-75(96-79(84)66-62-58-54-50-46-42-38-35-31-27-23-19-15-11-7-3)70-90-77(82)64-60-56-52-48-44-41-37-34-30-26-22-18-14-10-6-2/h25-26,29-30,33-38,73-75,80H,5-24,27-28,31-32,39-72H2,1-4H3,(H,85,86)(H,87,88)/b29-25-,30-26-,36-33-,37-34-,38-35-/t73-,74+,75+/m0/s1. The normalized spacial score (nSPS) is 14.2. The van der Waals surface area contributed by atoms with Crippen molar-refractivity contribution < 1.29 is 80.2 Å². The molecule has 0 aromatic heterocycles. The molecule has 0 saturated carbocycles. The van der Waals surface area contributed by atoms with Gasteiger partial charge in [0.05, 0.1) is 26.4 Å². The first-order valence-corrected chi connectivity index (χ1v) is 42.6. The Morgan fingerprint density at radius 3 is 0.776 bits per heavy atom. The highest BCUT2D eigenvalue weighted by atomic mass is 31.2. The van der Waals surface area contributed by atoms with E-state index < -0.39 is 97.5 Å². The first-order valence-electron chi connectivity index (χ1n) is 39.6. The second-order valence-corrected chi connectivity index (χ2v) is 29.6. The van der Waals surface area contributed by atoms with Crippen LogP contribution in [0.25, 0.3) is 0 Å². The molecule has 0 aromatic carbocycles. The lowest BCUT2D eigenvalue weighted by molar-refractivity contribution is -0.161. The summed E-state index contributed by atoms with van der Waals surface area (Å²) < 4.78 is 68.5. The fourth-order valence-electron chi connectivity index (χ4n) is 10.9. The summed E-state index contributed by atoms with van der Waals surface area (Å²) in [5.41, 5.74) is 0. The maximum atomic E-state index is 13.1. The van der Waals surface area contributed by atoms with Gasteiger partial charge in [0, 0.05) is 25.7 Å². The third-order valence-electron chi connectivity index (χ3n) is 17.0. The van der Waals surface area contributed by atoms with Crippen LogP contribution in [0.2, 0.25) is 0 Å². The van der Waals surface area contributed by atoms with Crippen LogP contribution in [-0.2, 0) is 65.4 Å². The summed E-state index contributed by atoms with van der Waals surface area (Å²) in [6.45, 7) is 4.85. The van der Waals surface area contributed by atoms with Crippen molar-refractivity contribution in [1.82, 2.24) is 0 Å². The largest absolute Gasteiger partial charge is 0.472 e. The molecule has 0 aliphatic heterocycles. The zero-order valence-corrected chi connectivity index (χ0v) is 64.3. The number of aliphatic hydroxyl groups is 1. The van der Waals surface area contributed by atoms with E-state index in [1.54, 1.807) is 0 Å². The van der Waals surface area contributed by atoms with Crippen molar-refractivity contribution in [3.05, 3.63) is 60.8 Å². The zero-order valence-electron chi connectivity index (χ0n) is 62.5. The molecule has 98 heavy (non-hydrogen) atoms. The van der Waals surface area contributed by atoms with Crippen LogP contribution in [0.4, 0.5) is 0 Å². The first kappa shape index (κ1) is 94.8. The third kappa shape index (κ3) is 71.2. The maximum Gasteiger partial charge on any atom is 0.472 e. The second-order valence-electron chi connectivity index (χ2n) is 26.7. The van der Waals surface area contributed by atoms with Crippen molar-refractivity contribution in [2.75, 3.05) is 39.6 Å². The van der Waals surface area contributed by atoms with Crippen LogP contribution in [0, 0.1) is 0 Å². The van der Waals surface area contributed by atoms with Crippen LogP contribution >= 0.6 is 15.6 Å². The zero-order chi connectivity index (χ0) is 71.8. The highest BCUT2D eigenvalue weighted by Crippen LogP contribution is 2.45. The van der Waals surface area contributed by atoms with E-state index in [9.17, 15) is 43.2 Å². The van der Waals surface area contributed by atoms with E-state index in [1.165, 1.54) is 141 Å². The summed E-state index contributed by atoms with van der Waals surface area (Å²) in [7, 11) is -9.94. The quantitative estimate of drug-likeness (QED) is 0.0128. The SMILES string of the molecule is CCCCCC/C=C\C=C/CCCCCCCC(=O)OC[C@H](COP(=O)(O)OC[C@@H](O)COP(=O)(O)OC[C@@H](COC(=O)CCCCCCC/C=C\C=C/CCCCCC)OC(=O)CCCCCCCCCCCCCCC)OC(=O)CCCCCCC/C=C\CCCCCCCC. The van der Waals surface area contributed by atoms with E-state index in [0.29, 0.717) is 25.7 Å². The molecule has 3 N–H and O–H groups in total. The number of aliphatic hydroxyl groups excluding tert-OH is 1. The number of phosphoric acid groups is 2. The van der Waals surface area contributed by atoms with Gasteiger partial charge >= 0.3 is 39.5 Å². The van der Waals surface area contributed by atoms with Gasteiger partial charge in [-0.15, -0.1) is 0 Å². The average Bonchev–Trinajstić information content (AvgIpc) is 1.04. The van der Waals surface area contributed by atoms with Gasteiger partial charge in [0.2, 0.25) is 0 Å². The maximum absolute atomic E-state index is 13.1. The molecule has 0 radical (unpaired) electrons. The second kappa shape index (κ2) is 72.1. The Labute approximate surface area is 597 Å². The fourth-order valence-corrected chi connectivity index (χ4v) is 12.5. The summed E-state index contributed by atoms with van der Waals surface area (Å²) in [6, 6.07) is 0. The molecule has 0 heterocycles. The topological polar surface area (TPSA) is 237 Å². The monoisotopic (exact) mass is 1430 g/mol. The molecule has 572 valence electrons. The van der Waals surface area contributed by atoms with E-state index in [1.807, 2.05) is 0 Å². The van der Waals surface area contributed by atoms with Crippen LogP contribution in [0.3, 0.4) is 0 Å². The molecule has 0 spiro atoms. The van der Waals surface area contributed by atoms with Gasteiger partial charge in [0.1, 0.15) is 19.3 Å². The average molecular weight is 1430 g/mol. The van der Waals surface area contributed by atoms with Gasteiger partial charge in [-0.3, -0.25) is 37.3 Å². The third-order valence-corrected chi connectivity index (χ3v) is 18.9. The number of ether oxygens (including phenoxy) is 4. The number of rotatable bonds is 75. The van der Waals surface area contributed by atoms with Gasteiger partial charge < -0.3 is 33.8 Å². The van der Waals surface area contributed by atoms with Gasteiger partial charge in [-0.25, -0.2) is 9.13 Å². The van der Waals surface area contributed by atoms with Gasteiger partial charge in [0.25, 0.3) is 0 Å². The lowest BCUT2D eigenvalue weighted by Gasteiger charge is -2.21. The van der Waals surface area contributed by atoms with E-state index in [-0.39, 0.29) is 25.7 Å². The number of unbranched alkanes of at least 4 members (excludes halogenated alkanes) is 41. The Morgan fingerprint density at radius 1 is 0.286 bits per heavy atom. The van der Waals surface area contributed by atoms with Gasteiger partial charge in [-0.1, -0.05) is 294 Å². The number of allylic oxidation sites excluding steroid dienone is 10. The van der Waals surface area contributed by atoms with Crippen molar-refractivity contribution >= 4 is 39.5 Å². The van der Waals surface area contributed by atoms with E-state index in [2.05, 4.69) is 88.5 Å². The smallest absolute Gasteiger partial charge is 0.462 e. The van der Waals surface area contributed by atoms with Gasteiger partial charge in [0.15, 0.2) is 12.2 Å². The minimum absolute atomic E-state index is 0.0854. The van der Waals surface area contributed by atoms with E-state index in [0.717, 1.165) is 141 Å². The fraction of sp³-hybridized carbons (Fsp3) is 0.823. The number of phosphoric ester groups is 2. The highest BCUT2D eigenvalue weighted by Gasteiger charge is 2.30. The molecule has 5 atom stereocenters. The Morgan fingerprint density at radius 2 is 0.500 bits per heavy atom. The molecule has 0 fully saturated rings. The van der Waals surface area contributed by atoms with E-state index >= 15 is 0 Å². The predicted octanol–water partition coefficient (Wildman–Crippen LogP) is 22.7. The number of esters is 4. The van der Waals surface area contributed by atoms with Crippen LogP contribution in [0.5, 0.6) is 0 Å². The molecular weight excluding hydrogens is 1280 g/mol. The number of carbonyl (C=O) groups is 4. The van der Waals surface area contributed by atoms with Crippen molar-refractivity contribution in [3.63, 3.8) is 0 Å². The summed E-state index contributed by atoms with van der Waals surface area (Å²) in [5, 5.41) is 10.6. The molecule has 2 unspecified atom stereocenters. The van der Waals surface area contributed by atoms with Crippen LogP contribution in [0.1, 0.15) is 362 Å². The number of carbonyl (C=O) groups excluding carboxylic acids is 4. The Balaban J connectivity index is 5.35. The molecule has 0 amide bonds. The van der Waals surface area contributed by atoms with Crippen molar-refractivity contribution in [2.24, 2.45) is 0 Å². The molecule has 0 saturated heterocycles. The molecule has 17 nitrogen and oxygen atoms in total. The first-order chi connectivity index (χ1) is 47.7. The molecule has 0 aromatic rings. The Kier molecular flexibility index (Phi) is 69.7.